The Balaban J connectivity index is 1.77. The maximum atomic E-state index is 2.44. The Hall–Kier alpha value is -3.84. The second kappa shape index (κ2) is 12.1. The van der Waals surface area contributed by atoms with Gasteiger partial charge in [-0.1, -0.05) is 110 Å². The van der Waals surface area contributed by atoms with Crippen LogP contribution in [-0.4, -0.2) is 6.54 Å². The SMILES string of the molecule is C\C=C/C=C(C)/C(/C=C\CN(/C(C)=C/CC)c1ccc2c(c1)C(C)(c1ccccc1)c1ccccc1-2)=C/C. The van der Waals surface area contributed by atoms with E-state index < -0.39 is 0 Å². The van der Waals surface area contributed by atoms with E-state index in [1.807, 2.05) is 6.92 Å². The molecular formula is C37H41N. The number of hydrogen-bond acceptors (Lipinski definition) is 1. The second-order valence-corrected chi connectivity index (χ2v) is 10.2. The monoisotopic (exact) mass is 499 g/mol. The lowest BCUT2D eigenvalue weighted by atomic mass is 9.74. The molecule has 0 fully saturated rings. The van der Waals surface area contributed by atoms with Gasteiger partial charge >= 0.3 is 0 Å². The molecule has 0 aromatic heterocycles. The van der Waals surface area contributed by atoms with E-state index in [2.05, 4.69) is 155 Å². The van der Waals surface area contributed by atoms with Crippen molar-refractivity contribution in [1.82, 2.24) is 0 Å². The van der Waals surface area contributed by atoms with E-state index >= 15 is 0 Å². The first-order chi connectivity index (χ1) is 18.4. The molecular weight excluding hydrogens is 458 g/mol. The van der Waals surface area contributed by atoms with Crippen molar-refractivity contribution in [2.24, 2.45) is 0 Å². The Kier molecular flexibility index (Phi) is 8.69. The summed E-state index contributed by atoms with van der Waals surface area (Å²) in [6.45, 7) is 13.9. The van der Waals surface area contributed by atoms with Crippen molar-refractivity contribution in [2.45, 2.75) is 53.4 Å². The van der Waals surface area contributed by atoms with Gasteiger partial charge in [-0.25, -0.2) is 0 Å². The fourth-order valence-corrected chi connectivity index (χ4v) is 5.67. The fraction of sp³-hybridized carbons (Fsp3) is 0.243. The van der Waals surface area contributed by atoms with Gasteiger partial charge in [-0.15, -0.1) is 0 Å². The quantitative estimate of drug-likeness (QED) is 0.265. The van der Waals surface area contributed by atoms with Crippen LogP contribution in [-0.2, 0) is 5.41 Å². The summed E-state index contributed by atoms with van der Waals surface area (Å²) < 4.78 is 0. The summed E-state index contributed by atoms with van der Waals surface area (Å²) in [6, 6.07) is 26.9. The maximum absolute atomic E-state index is 2.44. The topological polar surface area (TPSA) is 3.24 Å². The van der Waals surface area contributed by atoms with Crippen LogP contribution >= 0.6 is 0 Å². The Morgan fingerprint density at radius 3 is 2.29 bits per heavy atom. The molecule has 1 atom stereocenters. The average molecular weight is 500 g/mol. The number of rotatable bonds is 9. The Bertz CT molecular complexity index is 1410. The normalized spacial score (nSPS) is 17.8. The predicted octanol–water partition coefficient (Wildman–Crippen LogP) is 10.2. The van der Waals surface area contributed by atoms with E-state index in [0.29, 0.717) is 0 Å². The molecule has 0 heterocycles. The summed E-state index contributed by atoms with van der Waals surface area (Å²) in [5.41, 5.74) is 11.6. The minimum absolute atomic E-state index is 0.195. The summed E-state index contributed by atoms with van der Waals surface area (Å²) >= 11 is 0. The third kappa shape index (κ3) is 5.24. The number of benzene rings is 3. The molecule has 3 aromatic rings. The van der Waals surface area contributed by atoms with Gasteiger partial charge in [-0.05, 0) is 92.1 Å². The van der Waals surface area contributed by atoms with E-state index in [9.17, 15) is 0 Å². The van der Waals surface area contributed by atoms with E-state index in [4.69, 9.17) is 0 Å². The largest absolute Gasteiger partial charge is 0.342 e. The summed E-state index contributed by atoms with van der Waals surface area (Å²) in [7, 11) is 0. The Labute approximate surface area is 230 Å². The lowest BCUT2D eigenvalue weighted by molar-refractivity contribution is 0.713. The van der Waals surface area contributed by atoms with E-state index in [-0.39, 0.29) is 5.41 Å². The first kappa shape index (κ1) is 27.2. The van der Waals surface area contributed by atoms with E-state index in [1.54, 1.807) is 0 Å². The van der Waals surface area contributed by atoms with Gasteiger partial charge in [0.1, 0.15) is 0 Å². The van der Waals surface area contributed by atoms with Crippen LogP contribution in [0.25, 0.3) is 11.1 Å². The third-order valence-corrected chi connectivity index (χ3v) is 7.78. The molecule has 0 spiro atoms. The molecule has 1 aliphatic rings. The number of nitrogens with zero attached hydrogens (tertiary/aromatic N) is 1. The number of fused-ring (bicyclic) bond motifs is 3. The van der Waals surface area contributed by atoms with Gasteiger partial charge < -0.3 is 4.90 Å². The van der Waals surface area contributed by atoms with Gasteiger partial charge in [0.15, 0.2) is 0 Å². The molecule has 3 aromatic carbocycles. The molecule has 0 aliphatic heterocycles. The molecule has 194 valence electrons. The molecule has 1 aliphatic carbocycles. The van der Waals surface area contributed by atoms with Crippen LogP contribution in [0, 0.1) is 0 Å². The Morgan fingerprint density at radius 1 is 0.868 bits per heavy atom. The molecule has 1 nitrogen and oxygen atoms in total. The summed E-state index contributed by atoms with van der Waals surface area (Å²) in [6.07, 6.45) is 16.4. The minimum atomic E-state index is -0.195. The first-order valence-corrected chi connectivity index (χ1v) is 13.8. The van der Waals surface area contributed by atoms with Crippen molar-refractivity contribution in [1.29, 1.82) is 0 Å². The van der Waals surface area contributed by atoms with Crippen molar-refractivity contribution >= 4 is 5.69 Å². The van der Waals surface area contributed by atoms with E-state index in [1.165, 1.54) is 50.3 Å². The van der Waals surface area contributed by atoms with Gasteiger partial charge in [0.2, 0.25) is 0 Å². The average Bonchev–Trinajstić information content (AvgIpc) is 3.21. The highest BCUT2D eigenvalue weighted by atomic mass is 15.1. The summed E-state index contributed by atoms with van der Waals surface area (Å²) in [5.74, 6) is 0. The highest BCUT2D eigenvalue weighted by molar-refractivity contribution is 5.85. The van der Waals surface area contributed by atoms with Gasteiger partial charge in [-0.2, -0.15) is 0 Å². The molecule has 4 rings (SSSR count). The zero-order chi connectivity index (χ0) is 27.1. The van der Waals surface area contributed by atoms with Crippen molar-refractivity contribution in [2.75, 3.05) is 11.4 Å². The van der Waals surface area contributed by atoms with Crippen molar-refractivity contribution in [3.63, 3.8) is 0 Å². The zero-order valence-electron chi connectivity index (χ0n) is 23.8. The smallest absolute Gasteiger partial charge is 0.0436 e. The van der Waals surface area contributed by atoms with Gasteiger partial charge in [-0.3, -0.25) is 0 Å². The van der Waals surface area contributed by atoms with Gasteiger partial charge in [0.05, 0.1) is 0 Å². The van der Waals surface area contributed by atoms with Crippen molar-refractivity contribution < 1.29 is 0 Å². The van der Waals surface area contributed by atoms with Gasteiger partial charge in [0, 0.05) is 23.3 Å². The van der Waals surface area contributed by atoms with Crippen LogP contribution < -0.4 is 4.90 Å². The van der Waals surface area contributed by atoms with Crippen LogP contribution in [0.1, 0.15) is 64.7 Å². The first-order valence-electron chi connectivity index (χ1n) is 13.8. The highest BCUT2D eigenvalue weighted by Gasteiger charge is 2.40. The number of allylic oxidation sites excluding steroid dienone is 9. The van der Waals surface area contributed by atoms with Crippen molar-refractivity contribution in [3.05, 3.63) is 149 Å². The second-order valence-electron chi connectivity index (χ2n) is 10.2. The molecule has 38 heavy (non-hydrogen) atoms. The van der Waals surface area contributed by atoms with Gasteiger partial charge in [0.25, 0.3) is 0 Å². The molecule has 0 saturated heterocycles. The number of anilines is 1. The summed E-state index contributed by atoms with van der Waals surface area (Å²) in [5, 5.41) is 0. The standard InChI is InChI=1S/C37H41N/c1-7-10-18-28(4)30(9-3)19-16-26-38(29(5)17-8-2)32-24-25-34-33-22-14-15-23-35(33)37(6,36(34)27-32)31-20-12-11-13-21-31/h7,9-25,27H,8,26H2,1-6H3/b10-7-,19-16-,28-18+,29-17+,30-9+. The lowest BCUT2D eigenvalue weighted by Crippen LogP contribution is -2.24. The Morgan fingerprint density at radius 2 is 1.58 bits per heavy atom. The number of hydrogen-bond donors (Lipinski definition) is 0. The van der Waals surface area contributed by atoms with Crippen LogP contribution in [0.2, 0.25) is 0 Å². The molecule has 1 heteroatoms. The van der Waals surface area contributed by atoms with Crippen LogP contribution in [0.5, 0.6) is 0 Å². The van der Waals surface area contributed by atoms with Crippen LogP contribution in [0.15, 0.2) is 132 Å². The summed E-state index contributed by atoms with van der Waals surface area (Å²) in [4.78, 5) is 2.44. The zero-order valence-corrected chi connectivity index (χ0v) is 23.8. The van der Waals surface area contributed by atoms with Crippen LogP contribution in [0.4, 0.5) is 5.69 Å². The molecule has 0 saturated carbocycles. The molecule has 0 amide bonds. The van der Waals surface area contributed by atoms with E-state index in [0.717, 1.165) is 13.0 Å². The minimum Gasteiger partial charge on any atom is -0.342 e. The third-order valence-electron chi connectivity index (χ3n) is 7.78. The predicted molar refractivity (Wildman–Crippen MR) is 167 cm³/mol. The van der Waals surface area contributed by atoms with Crippen LogP contribution in [0.3, 0.4) is 0 Å². The maximum Gasteiger partial charge on any atom is 0.0436 e. The molecule has 1 unspecified atom stereocenters. The lowest BCUT2D eigenvalue weighted by Gasteiger charge is -2.30. The fourth-order valence-electron chi connectivity index (χ4n) is 5.67. The highest BCUT2D eigenvalue weighted by Crippen LogP contribution is 2.53. The van der Waals surface area contributed by atoms with Crippen molar-refractivity contribution in [3.8, 4) is 11.1 Å². The molecule has 0 radical (unpaired) electrons. The molecule has 0 N–H and O–H groups in total. The molecule has 0 bridgehead atoms.